The number of aliphatic hydroxyl groups is 1. The molecule has 0 radical (unpaired) electrons. The Morgan fingerprint density at radius 3 is 2.84 bits per heavy atom. The first-order valence-electron chi connectivity index (χ1n) is 6.79. The van der Waals surface area contributed by atoms with E-state index < -0.39 is 0 Å². The van der Waals surface area contributed by atoms with Crippen LogP contribution in [0.5, 0.6) is 0 Å². The smallest absolute Gasteiger partial charge is 0.221 e. The fourth-order valence-electron chi connectivity index (χ4n) is 1.77. The first-order chi connectivity index (χ1) is 8.93. The molecule has 2 N–H and O–H groups in total. The van der Waals surface area contributed by atoms with E-state index in [1.807, 2.05) is 27.0 Å². The van der Waals surface area contributed by atoms with Crippen molar-refractivity contribution in [3.8, 4) is 0 Å². The van der Waals surface area contributed by atoms with Crippen molar-refractivity contribution < 1.29 is 9.90 Å². The zero-order valence-corrected chi connectivity index (χ0v) is 12.1. The maximum atomic E-state index is 11.6. The second kappa shape index (κ2) is 7.28. The predicted octanol–water partition coefficient (Wildman–Crippen LogP) is 1.50. The van der Waals surface area contributed by atoms with Crippen molar-refractivity contribution in [1.82, 2.24) is 15.1 Å². The van der Waals surface area contributed by atoms with Crippen LogP contribution in [0.2, 0.25) is 0 Å². The Labute approximate surface area is 115 Å². The second-order valence-electron chi connectivity index (χ2n) is 5.81. The molecule has 0 aliphatic heterocycles. The van der Waals surface area contributed by atoms with Crippen LogP contribution in [0.25, 0.3) is 0 Å². The van der Waals surface area contributed by atoms with E-state index in [1.54, 1.807) is 10.9 Å². The lowest BCUT2D eigenvalue weighted by molar-refractivity contribution is -0.121. The average molecular weight is 267 g/mol. The van der Waals surface area contributed by atoms with E-state index >= 15 is 0 Å². The van der Waals surface area contributed by atoms with Gasteiger partial charge in [0.1, 0.15) is 0 Å². The third-order valence-electron chi connectivity index (χ3n) is 3.11. The van der Waals surface area contributed by atoms with Gasteiger partial charge in [-0.25, -0.2) is 0 Å². The van der Waals surface area contributed by atoms with Crippen LogP contribution in [-0.2, 0) is 11.3 Å². The number of nitrogens with zero attached hydrogens (tertiary/aromatic N) is 2. The van der Waals surface area contributed by atoms with Crippen LogP contribution in [0.4, 0.5) is 0 Å². The molecule has 0 unspecified atom stereocenters. The van der Waals surface area contributed by atoms with E-state index in [0.717, 1.165) is 18.4 Å². The monoisotopic (exact) mass is 267 g/mol. The molecule has 1 rings (SSSR count). The first kappa shape index (κ1) is 15.7. The molecule has 1 amide bonds. The Kier molecular flexibility index (Phi) is 6.02. The summed E-state index contributed by atoms with van der Waals surface area (Å²) in [5.41, 5.74) is 1.05. The Bertz CT molecular complexity index is 399. The summed E-state index contributed by atoms with van der Waals surface area (Å²) < 4.78 is 1.78. The molecule has 0 saturated carbocycles. The maximum Gasteiger partial charge on any atom is 0.221 e. The van der Waals surface area contributed by atoms with Gasteiger partial charge >= 0.3 is 0 Å². The molecular formula is C14H25N3O2. The van der Waals surface area contributed by atoms with Crippen LogP contribution < -0.4 is 5.32 Å². The third kappa shape index (κ3) is 6.38. The lowest BCUT2D eigenvalue weighted by Crippen LogP contribution is -2.27. The number of carbonyl (C=O) groups excluding carboxylic acids is 1. The normalized spacial score (nSPS) is 11.6. The molecule has 0 spiro atoms. The van der Waals surface area contributed by atoms with Gasteiger partial charge in [0.05, 0.1) is 6.20 Å². The molecule has 0 aliphatic rings. The van der Waals surface area contributed by atoms with E-state index in [0.29, 0.717) is 19.5 Å². The molecule has 0 aromatic carbocycles. The first-order valence-corrected chi connectivity index (χ1v) is 6.79. The Balaban J connectivity index is 2.11. The summed E-state index contributed by atoms with van der Waals surface area (Å²) in [6.07, 6.45) is 5.96. The SMILES string of the molecule is Cc1cnn(CCC(=O)NCCCC(C)(C)CO)c1. The van der Waals surface area contributed by atoms with Crippen LogP contribution in [0.15, 0.2) is 12.4 Å². The van der Waals surface area contributed by atoms with Crippen molar-refractivity contribution >= 4 is 5.91 Å². The number of aromatic nitrogens is 2. The molecular weight excluding hydrogens is 242 g/mol. The van der Waals surface area contributed by atoms with E-state index in [2.05, 4.69) is 10.4 Å². The van der Waals surface area contributed by atoms with Gasteiger partial charge in [-0.15, -0.1) is 0 Å². The van der Waals surface area contributed by atoms with E-state index in [-0.39, 0.29) is 17.9 Å². The highest BCUT2D eigenvalue weighted by atomic mass is 16.3. The largest absolute Gasteiger partial charge is 0.396 e. The van der Waals surface area contributed by atoms with Gasteiger partial charge in [-0.3, -0.25) is 9.48 Å². The zero-order valence-electron chi connectivity index (χ0n) is 12.1. The van der Waals surface area contributed by atoms with Crippen LogP contribution in [0, 0.1) is 12.3 Å². The second-order valence-corrected chi connectivity index (χ2v) is 5.81. The molecule has 0 aliphatic carbocycles. The van der Waals surface area contributed by atoms with Crippen molar-refractivity contribution in [2.45, 2.75) is 46.6 Å². The van der Waals surface area contributed by atoms with Crippen molar-refractivity contribution in [3.05, 3.63) is 18.0 Å². The highest BCUT2D eigenvalue weighted by Crippen LogP contribution is 2.20. The maximum absolute atomic E-state index is 11.6. The van der Waals surface area contributed by atoms with Crippen molar-refractivity contribution in [2.75, 3.05) is 13.2 Å². The molecule has 0 bridgehead atoms. The highest BCUT2D eigenvalue weighted by Gasteiger charge is 2.15. The number of aliphatic hydroxyl groups excluding tert-OH is 1. The van der Waals surface area contributed by atoms with Gasteiger partial charge < -0.3 is 10.4 Å². The molecule has 1 heterocycles. The van der Waals surface area contributed by atoms with Crippen LogP contribution in [0.1, 0.15) is 38.7 Å². The summed E-state index contributed by atoms with van der Waals surface area (Å²) in [4.78, 5) is 11.6. The molecule has 5 nitrogen and oxygen atoms in total. The highest BCUT2D eigenvalue weighted by molar-refractivity contribution is 5.75. The van der Waals surface area contributed by atoms with E-state index in [1.165, 1.54) is 0 Å². The molecule has 19 heavy (non-hydrogen) atoms. The molecule has 1 aromatic rings. The summed E-state index contributed by atoms with van der Waals surface area (Å²) in [6, 6.07) is 0. The molecule has 108 valence electrons. The topological polar surface area (TPSA) is 67.2 Å². The standard InChI is InChI=1S/C14H25N3O2/c1-12-9-16-17(10-12)8-5-13(19)15-7-4-6-14(2,3)11-18/h9-10,18H,4-8,11H2,1-3H3,(H,15,19). The van der Waals surface area contributed by atoms with Crippen LogP contribution >= 0.6 is 0 Å². The van der Waals surface area contributed by atoms with Gasteiger partial charge in [0.2, 0.25) is 5.91 Å². The zero-order chi connectivity index (χ0) is 14.3. The molecule has 0 atom stereocenters. The van der Waals surface area contributed by atoms with Gasteiger partial charge in [-0.05, 0) is 30.7 Å². The minimum absolute atomic E-state index is 0.0509. The number of rotatable bonds is 8. The number of amides is 1. The predicted molar refractivity (Wildman–Crippen MR) is 74.7 cm³/mol. The number of aryl methyl sites for hydroxylation is 2. The number of carbonyl (C=O) groups is 1. The average Bonchev–Trinajstić information content (AvgIpc) is 2.78. The fraction of sp³-hybridized carbons (Fsp3) is 0.714. The van der Waals surface area contributed by atoms with Gasteiger partial charge in [-0.2, -0.15) is 5.10 Å². The van der Waals surface area contributed by atoms with Crippen molar-refractivity contribution in [1.29, 1.82) is 0 Å². The lowest BCUT2D eigenvalue weighted by atomic mass is 9.89. The number of hydrogen-bond donors (Lipinski definition) is 2. The number of nitrogens with one attached hydrogen (secondary N) is 1. The summed E-state index contributed by atoms with van der Waals surface area (Å²) in [7, 11) is 0. The summed E-state index contributed by atoms with van der Waals surface area (Å²) in [6.45, 7) is 7.48. The van der Waals surface area contributed by atoms with Gasteiger partial charge in [-0.1, -0.05) is 13.8 Å². The summed E-state index contributed by atoms with van der Waals surface area (Å²) >= 11 is 0. The van der Waals surface area contributed by atoms with E-state index in [9.17, 15) is 4.79 Å². The Morgan fingerprint density at radius 1 is 1.53 bits per heavy atom. The van der Waals surface area contributed by atoms with Crippen molar-refractivity contribution in [3.63, 3.8) is 0 Å². The number of hydrogen-bond acceptors (Lipinski definition) is 3. The Hall–Kier alpha value is -1.36. The quantitative estimate of drug-likeness (QED) is 0.701. The molecule has 5 heteroatoms. The Morgan fingerprint density at radius 2 is 2.26 bits per heavy atom. The van der Waals surface area contributed by atoms with Gasteiger partial charge in [0, 0.05) is 32.3 Å². The lowest BCUT2D eigenvalue weighted by Gasteiger charge is -2.21. The van der Waals surface area contributed by atoms with Crippen LogP contribution in [-0.4, -0.2) is 33.9 Å². The van der Waals surface area contributed by atoms with Gasteiger partial charge in [0.15, 0.2) is 0 Å². The third-order valence-corrected chi connectivity index (χ3v) is 3.11. The summed E-state index contributed by atoms with van der Waals surface area (Å²) in [5.74, 6) is 0.0509. The molecule has 0 fully saturated rings. The minimum atomic E-state index is -0.0582. The fourth-order valence-corrected chi connectivity index (χ4v) is 1.77. The molecule has 0 saturated heterocycles. The van der Waals surface area contributed by atoms with Gasteiger partial charge in [0.25, 0.3) is 0 Å². The summed E-state index contributed by atoms with van der Waals surface area (Å²) in [5, 5.41) is 16.1. The molecule has 1 aromatic heterocycles. The minimum Gasteiger partial charge on any atom is -0.396 e. The van der Waals surface area contributed by atoms with E-state index in [4.69, 9.17) is 5.11 Å². The van der Waals surface area contributed by atoms with Crippen molar-refractivity contribution in [2.24, 2.45) is 5.41 Å². The van der Waals surface area contributed by atoms with Crippen LogP contribution in [0.3, 0.4) is 0 Å².